The van der Waals surface area contributed by atoms with E-state index in [2.05, 4.69) is 69.2 Å². The van der Waals surface area contributed by atoms with Gasteiger partial charge in [-0.25, -0.2) is 15.0 Å². The van der Waals surface area contributed by atoms with E-state index in [0.29, 0.717) is 35.9 Å². The molecular formula is C26H44N5O4PS2Si. The third-order valence-electron chi connectivity index (χ3n) is 8.67. The predicted molar refractivity (Wildman–Crippen MR) is 166 cm³/mol. The van der Waals surface area contributed by atoms with Crippen LogP contribution in [-0.2, 0) is 30.0 Å². The molecule has 0 aromatic carbocycles. The van der Waals surface area contributed by atoms with E-state index in [1.54, 1.807) is 6.33 Å². The first-order chi connectivity index (χ1) is 18.1. The molecule has 1 saturated carbocycles. The lowest BCUT2D eigenvalue weighted by Crippen LogP contribution is -2.44. The van der Waals surface area contributed by atoms with Crippen molar-refractivity contribution in [3.05, 3.63) is 24.8 Å². The lowest BCUT2D eigenvalue weighted by atomic mass is 9.77. The monoisotopic (exact) mass is 613 g/mol. The lowest BCUT2D eigenvalue weighted by molar-refractivity contribution is -0.0371. The van der Waals surface area contributed by atoms with Crippen molar-refractivity contribution < 1.29 is 18.2 Å². The number of nitrogens with two attached hydrogens (primary N) is 1. The molecule has 0 spiro atoms. The third kappa shape index (κ3) is 6.97. The van der Waals surface area contributed by atoms with Crippen LogP contribution in [0.2, 0.25) is 18.1 Å². The van der Waals surface area contributed by atoms with Crippen LogP contribution in [0.5, 0.6) is 0 Å². The molecule has 13 heteroatoms. The number of rotatable bonds is 9. The summed E-state index contributed by atoms with van der Waals surface area (Å²) in [5.41, 5.74) is 8.37. The zero-order chi connectivity index (χ0) is 28.8. The number of anilines is 1. The van der Waals surface area contributed by atoms with Gasteiger partial charge in [0.2, 0.25) is 0 Å². The molecule has 1 saturated heterocycles. The van der Waals surface area contributed by atoms with E-state index in [9.17, 15) is 0 Å². The number of aromatic nitrogens is 4. The summed E-state index contributed by atoms with van der Waals surface area (Å²) in [6.07, 6.45) is 5.48. The van der Waals surface area contributed by atoms with Crippen molar-refractivity contribution in [3.63, 3.8) is 0 Å². The Morgan fingerprint density at radius 1 is 1.31 bits per heavy atom. The highest BCUT2D eigenvalue weighted by atomic mass is 32.4. The molecule has 1 unspecified atom stereocenters. The Kier molecular flexibility index (Phi) is 9.40. The fourth-order valence-electron chi connectivity index (χ4n) is 4.88. The van der Waals surface area contributed by atoms with Gasteiger partial charge in [-0.3, -0.25) is 4.57 Å². The summed E-state index contributed by atoms with van der Waals surface area (Å²) in [7, 11) is -4.05. The first-order valence-corrected chi connectivity index (χ1v) is 19.4. The smallest absolute Gasteiger partial charge is 0.192 e. The molecule has 2 aromatic heterocycles. The van der Waals surface area contributed by atoms with Crippen molar-refractivity contribution >= 4 is 56.9 Å². The second-order valence-corrected chi connectivity index (χ2v) is 20.5. The second kappa shape index (κ2) is 11.8. The van der Waals surface area contributed by atoms with Crippen molar-refractivity contribution in [1.82, 2.24) is 19.5 Å². The van der Waals surface area contributed by atoms with Crippen molar-refractivity contribution in [2.45, 2.75) is 108 Å². The summed E-state index contributed by atoms with van der Waals surface area (Å²) in [5, 5.41) is 0.0737. The molecular weight excluding hydrogens is 570 g/mol. The summed E-state index contributed by atoms with van der Waals surface area (Å²) in [5.74, 6) is 0.746. The van der Waals surface area contributed by atoms with E-state index in [0.717, 1.165) is 19.3 Å². The maximum Gasteiger partial charge on any atom is 0.192 e. The van der Waals surface area contributed by atoms with E-state index in [1.165, 1.54) is 11.9 Å². The summed E-state index contributed by atoms with van der Waals surface area (Å²) in [4.78, 5) is 12.9. The number of nitrogen functional groups attached to an aromatic ring is 1. The predicted octanol–water partition coefficient (Wildman–Crippen LogP) is 6.06. The fourth-order valence-corrected chi connectivity index (χ4v) is 8.14. The van der Waals surface area contributed by atoms with Crippen molar-refractivity contribution in [2.75, 3.05) is 12.3 Å². The largest absolute Gasteiger partial charge is 0.414 e. The number of allylic oxidation sites excluding steroid dienone is 1. The van der Waals surface area contributed by atoms with Crippen LogP contribution in [0, 0.1) is 5.92 Å². The van der Waals surface area contributed by atoms with E-state index < -0.39 is 15.5 Å². The van der Waals surface area contributed by atoms with Crippen LogP contribution in [0.1, 0.15) is 66.5 Å². The minimum Gasteiger partial charge on any atom is -0.414 e. The Morgan fingerprint density at radius 2 is 2.03 bits per heavy atom. The van der Waals surface area contributed by atoms with Gasteiger partial charge in [0.15, 0.2) is 26.9 Å². The molecule has 0 amide bonds. The lowest BCUT2D eigenvalue weighted by Gasteiger charge is -2.41. The number of thiol groups is 1. The van der Waals surface area contributed by atoms with Crippen LogP contribution in [0.4, 0.5) is 5.82 Å². The molecule has 1 aliphatic heterocycles. The Bertz CT molecular complexity index is 1220. The van der Waals surface area contributed by atoms with Crippen LogP contribution >= 0.6 is 19.8 Å². The van der Waals surface area contributed by atoms with Gasteiger partial charge in [0.1, 0.15) is 24.2 Å². The number of hydrogen-bond donors (Lipinski definition) is 2. The molecule has 2 fully saturated rings. The van der Waals surface area contributed by atoms with Gasteiger partial charge in [0, 0.05) is 11.2 Å². The van der Waals surface area contributed by atoms with E-state index >= 15 is 0 Å². The molecule has 0 bridgehead atoms. The van der Waals surface area contributed by atoms with E-state index in [1.807, 2.05) is 4.57 Å². The van der Waals surface area contributed by atoms with Crippen molar-refractivity contribution in [3.8, 4) is 0 Å². The van der Waals surface area contributed by atoms with E-state index in [4.69, 9.17) is 48.4 Å². The molecule has 4 rings (SSSR count). The first-order valence-electron chi connectivity index (χ1n) is 13.6. The normalized spacial score (nSPS) is 31.0. The van der Waals surface area contributed by atoms with Crippen LogP contribution in [-0.4, -0.2) is 57.5 Å². The van der Waals surface area contributed by atoms with Crippen LogP contribution in [0.3, 0.4) is 0 Å². The number of hydrogen-bond acceptors (Lipinski definition) is 10. The second-order valence-electron chi connectivity index (χ2n) is 12.7. The maximum absolute atomic E-state index is 6.56. The molecule has 3 heterocycles. The molecule has 39 heavy (non-hydrogen) atoms. The molecule has 2 N–H and O–H groups in total. The molecule has 2 aliphatic rings. The van der Waals surface area contributed by atoms with Crippen molar-refractivity contribution in [2.24, 2.45) is 5.92 Å². The summed E-state index contributed by atoms with van der Waals surface area (Å²) < 4.78 is 27.6. The van der Waals surface area contributed by atoms with E-state index in [-0.39, 0.29) is 34.3 Å². The fraction of sp³-hybridized carbons (Fsp3) is 0.731. The average Bonchev–Trinajstić information content (AvgIpc) is 3.43. The highest BCUT2D eigenvalue weighted by Gasteiger charge is 2.44. The summed E-state index contributed by atoms with van der Waals surface area (Å²) in [6, 6.07) is 0. The van der Waals surface area contributed by atoms with Gasteiger partial charge in [-0.05, 0) is 69.0 Å². The number of ether oxygens (including phenoxy) is 1. The van der Waals surface area contributed by atoms with Crippen LogP contribution < -0.4 is 5.73 Å². The minimum absolute atomic E-state index is 0.0737. The van der Waals surface area contributed by atoms with Gasteiger partial charge in [0.25, 0.3) is 0 Å². The highest BCUT2D eigenvalue weighted by molar-refractivity contribution is 8.00. The van der Waals surface area contributed by atoms with Gasteiger partial charge in [-0.1, -0.05) is 32.9 Å². The topological polar surface area (TPSA) is 107 Å². The van der Waals surface area contributed by atoms with Gasteiger partial charge < -0.3 is 23.9 Å². The maximum atomic E-state index is 6.56. The first kappa shape index (κ1) is 31.1. The van der Waals surface area contributed by atoms with Crippen molar-refractivity contribution in [1.29, 1.82) is 0 Å². The number of nitrogens with zero attached hydrogens (tertiary/aromatic N) is 4. The van der Waals surface area contributed by atoms with Gasteiger partial charge in [0.05, 0.1) is 25.1 Å². The number of fused-ring (bicyclic) bond motifs is 1. The molecule has 7 atom stereocenters. The molecule has 0 radical (unpaired) electrons. The van der Waals surface area contributed by atoms with Crippen LogP contribution in [0.15, 0.2) is 24.8 Å². The average molecular weight is 614 g/mol. The zero-order valence-corrected chi connectivity index (χ0v) is 27.8. The zero-order valence-electron chi connectivity index (χ0n) is 24.1. The number of imidazole rings is 1. The summed E-state index contributed by atoms with van der Waals surface area (Å²) in [6.45, 7) is 19.9. The minimum atomic E-state index is -2.03. The van der Waals surface area contributed by atoms with Gasteiger partial charge in [-0.15, -0.1) is 0 Å². The van der Waals surface area contributed by atoms with Crippen LogP contribution in [0.25, 0.3) is 11.2 Å². The van der Waals surface area contributed by atoms with Gasteiger partial charge >= 0.3 is 0 Å². The third-order valence-corrected chi connectivity index (χ3v) is 15.2. The Balaban J connectivity index is 1.51. The Labute approximate surface area is 244 Å². The molecule has 1 aliphatic carbocycles. The molecule has 9 nitrogen and oxygen atoms in total. The quantitative estimate of drug-likeness (QED) is 0.151. The standard InChI is InChI=1S/C26H44N5O4PS2Si/c1-16(2)17-9-10-26(6,37)20(11-17)35-36(38)34-18-12-21(31-15-30-22-23(27)28-14-29-24(22)31)33-19(18)13-32-39(7,8)25(3,4)5/h14-15,17-21,36-37H,1,9-13H2,2-8H3,(H2,27,28,29)/t17-,18-,19+,20+,21+,26+/m0/s1. The highest BCUT2D eigenvalue weighted by Crippen LogP contribution is 2.47. The Hall–Kier alpha value is -0.853. The Morgan fingerprint density at radius 3 is 2.69 bits per heavy atom. The molecule has 2 aromatic rings. The molecule has 218 valence electrons. The summed E-state index contributed by atoms with van der Waals surface area (Å²) >= 11 is 10.8. The SMILES string of the molecule is C=C(C)[C@H]1CC[C@@](C)(S)[C@H](O[PH](=S)O[C@H]2C[C@H](n3cnc4c(N)ncnc43)O[C@@H]2CO[Si](C)(C)C(C)(C)C)C1. The van der Waals surface area contributed by atoms with Gasteiger partial charge in [-0.2, -0.15) is 12.6 Å².